The van der Waals surface area contributed by atoms with E-state index in [1.165, 1.54) is 22.5 Å². The summed E-state index contributed by atoms with van der Waals surface area (Å²) < 4.78 is 10.3. The molecule has 0 radical (unpaired) electrons. The smallest absolute Gasteiger partial charge is 0.278 e. The molecule has 35 heavy (non-hydrogen) atoms. The number of ether oxygens (including phenoxy) is 1. The third-order valence-corrected chi connectivity index (χ3v) is 7.95. The average molecular weight is 518 g/mol. The van der Waals surface area contributed by atoms with Gasteiger partial charge in [0.1, 0.15) is 10.4 Å². The summed E-state index contributed by atoms with van der Waals surface area (Å²) >= 11 is 8.54. The zero-order valence-corrected chi connectivity index (χ0v) is 21.8. The topological polar surface area (TPSA) is 49.0 Å². The Bertz CT molecular complexity index is 1600. The largest absolute Gasteiger partial charge is 0.494 e. The standard InChI is InChI=1S/C27H23N3O2S3/c1-3-32-22-15-13-21(14-16-22)29-24-23(35-27(29)33)25(31)30(20-11-5-4-6-12-20)26(28-24)34-17-19-10-8-7-9-18(19)2/h4-16H,3,17H2,1-2H3. The Kier molecular flexibility index (Phi) is 6.86. The summed E-state index contributed by atoms with van der Waals surface area (Å²) in [6.45, 7) is 4.65. The van der Waals surface area contributed by atoms with Crippen LogP contribution in [0, 0.1) is 10.9 Å². The van der Waals surface area contributed by atoms with Crippen molar-refractivity contribution in [3.8, 4) is 17.1 Å². The molecule has 0 saturated carbocycles. The Balaban J connectivity index is 1.68. The lowest BCUT2D eigenvalue weighted by atomic mass is 10.1. The van der Waals surface area contributed by atoms with Crippen molar-refractivity contribution in [3.05, 3.63) is 104 Å². The molecule has 0 fully saturated rings. The monoisotopic (exact) mass is 517 g/mol. The molecule has 0 amide bonds. The van der Waals surface area contributed by atoms with Crippen LogP contribution < -0.4 is 10.3 Å². The van der Waals surface area contributed by atoms with Crippen molar-refractivity contribution >= 4 is 45.7 Å². The quantitative estimate of drug-likeness (QED) is 0.133. The SMILES string of the molecule is CCOc1ccc(-n2c(=S)sc3c(=O)n(-c4ccccc4)c(SCc4ccccc4C)nc32)cc1. The van der Waals surface area contributed by atoms with Gasteiger partial charge in [-0.05, 0) is 73.6 Å². The fraction of sp³-hybridized carbons (Fsp3) is 0.148. The van der Waals surface area contributed by atoms with Crippen LogP contribution in [0.15, 0.2) is 88.8 Å². The Hall–Kier alpha value is -3.20. The molecule has 0 aliphatic heterocycles. The number of fused-ring (bicyclic) bond motifs is 1. The normalized spacial score (nSPS) is 11.1. The van der Waals surface area contributed by atoms with Crippen LogP contribution in [0.4, 0.5) is 0 Å². The lowest BCUT2D eigenvalue weighted by Gasteiger charge is -2.13. The maximum absolute atomic E-state index is 13.8. The first-order chi connectivity index (χ1) is 17.1. The van der Waals surface area contributed by atoms with Crippen molar-refractivity contribution in [2.45, 2.75) is 24.8 Å². The minimum Gasteiger partial charge on any atom is -0.494 e. The molecule has 0 saturated heterocycles. The summed E-state index contributed by atoms with van der Waals surface area (Å²) in [5.41, 5.74) is 4.51. The number of rotatable bonds is 7. The Morgan fingerprint density at radius 2 is 1.63 bits per heavy atom. The summed E-state index contributed by atoms with van der Waals surface area (Å²) in [5, 5.41) is 0.629. The van der Waals surface area contributed by atoms with E-state index in [1.54, 1.807) is 16.3 Å². The van der Waals surface area contributed by atoms with Crippen molar-refractivity contribution < 1.29 is 4.74 Å². The van der Waals surface area contributed by atoms with Gasteiger partial charge in [-0.2, -0.15) is 0 Å². The summed E-state index contributed by atoms with van der Waals surface area (Å²) in [5.74, 6) is 1.49. The molecule has 0 bridgehead atoms. The van der Waals surface area contributed by atoms with Crippen molar-refractivity contribution in [1.29, 1.82) is 0 Å². The van der Waals surface area contributed by atoms with E-state index in [1.807, 2.05) is 78.2 Å². The highest BCUT2D eigenvalue weighted by Crippen LogP contribution is 2.30. The van der Waals surface area contributed by atoms with E-state index >= 15 is 0 Å². The van der Waals surface area contributed by atoms with Crippen LogP contribution in [0.3, 0.4) is 0 Å². The number of thioether (sulfide) groups is 1. The highest BCUT2D eigenvalue weighted by molar-refractivity contribution is 7.98. The minimum absolute atomic E-state index is 0.116. The van der Waals surface area contributed by atoms with Crippen LogP contribution in [-0.2, 0) is 5.75 Å². The number of benzene rings is 3. The zero-order valence-electron chi connectivity index (χ0n) is 19.3. The number of aryl methyl sites for hydroxylation is 1. The number of thiazole rings is 1. The van der Waals surface area contributed by atoms with Gasteiger partial charge in [0.05, 0.1) is 12.3 Å². The van der Waals surface area contributed by atoms with Crippen molar-refractivity contribution in [2.75, 3.05) is 6.61 Å². The molecule has 0 atom stereocenters. The van der Waals surface area contributed by atoms with Crippen LogP contribution in [0.1, 0.15) is 18.1 Å². The molecule has 5 aromatic rings. The number of para-hydroxylation sites is 1. The molecule has 2 aromatic heterocycles. The molecule has 0 aliphatic carbocycles. The number of aromatic nitrogens is 3. The molecule has 8 heteroatoms. The molecule has 5 nitrogen and oxygen atoms in total. The van der Waals surface area contributed by atoms with Gasteiger partial charge in [0.15, 0.2) is 14.8 Å². The van der Waals surface area contributed by atoms with E-state index in [2.05, 4.69) is 19.1 Å². The number of nitrogens with zero attached hydrogens (tertiary/aromatic N) is 3. The van der Waals surface area contributed by atoms with E-state index in [9.17, 15) is 4.79 Å². The van der Waals surface area contributed by atoms with E-state index in [4.69, 9.17) is 21.9 Å². The molecule has 176 valence electrons. The lowest BCUT2D eigenvalue weighted by Crippen LogP contribution is -2.21. The molecule has 0 spiro atoms. The van der Waals surface area contributed by atoms with Crippen molar-refractivity contribution in [3.63, 3.8) is 0 Å². The van der Waals surface area contributed by atoms with Gasteiger partial charge in [-0.3, -0.25) is 13.9 Å². The van der Waals surface area contributed by atoms with Gasteiger partial charge >= 0.3 is 0 Å². The predicted molar refractivity (Wildman–Crippen MR) is 147 cm³/mol. The molecule has 3 aromatic carbocycles. The van der Waals surface area contributed by atoms with Gasteiger partial charge in [0.25, 0.3) is 5.56 Å². The molecule has 0 aliphatic rings. The Labute approximate surface area is 216 Å². The summed E-state index contributed by atoms with van der Waals surface area (Å²) in [6, 6.07) is 25.6. The second kappa shape index (κ2) is 10.2. The fourth-order valence-electron chi connectivity index (χ4n) is 3.84. The van der Waals surface area contributed by atoms with Gasteiger partial charge in [0, 0.05) is 11.4 Å². The molecule has 2 heterocycles. The minimum atomic E-state index is -0.116. The first kappa shape index (κ1) is 23.5. The highest BCUT2D eigenvalue weighted by Gasteiger charge is 2.19. The van der Waals surface area contributed by atoms with Crippen molar-refractivity contribution in [2.24, 2.45) is 0 Å². The maximum atomic E-state index is 13.8. The molecule has 0 unspecified atom stereocenters. The molecule has 5 rings (SSSR count). The van der Waals surface area contributed by atoms with E-state index < -0.39 is 0 Å². The van der Waals surface area contributed by atoms with Crippen LogP contribution in [0.25, 0.3) is 21.7 Å². The average Bonchev–Trinajstić information content (AvgIpc) is 3.21. The van der Waals surface area contributed by atoms with Crippen LogP contribution in [0.5, 0.6) is 5.75 Å². The van der Waals surface area contributed by atoms with Gasteiger partial charge in [-0.1, -0.05) is 65.6 Å². The Morgan fingerprint density at radius 3 is 2.34 bits per heavy atom. The summed E-state index contributed by atoms with van der Waals surface area (Å²) in [6.07, 6.45) is 0. The van der Waals surface area contributed by atoms with E-state index in [-0.39, 0.29) is 5.56 Å². The molecule has 0 N–H and O–H groups in total. The first-order valence-corrected chi connectivity index (χ1v) is 13.4. The van der Waals surface area contributed by atoms with E-state index in [0.29, 0.717) is 31.8 Å². The highest BCUT2D eigenvalue weighted by atomic mass is 32.2. The lowest BCUT2D eigenvalue weighted by molar-refractivity contribution is 0.340. The third-order valence-electron chi connectivity index (χ3n) is 5.62. The molecular formula is C27H23N3O2S3. The van der Waals surface area contributed by atoms with Gasteiger partial charge < -0.3 is 4.74 Å². The Morgan fingerprint density at radius 1 is 0.943 bits per heavy atom. The summed E-state index contributed by atoms with van der Waals surface area (Å²) in [7, 11) is 0. The predicted octanol–water partition coefficient (Wildman–Crippen LogP) is 6.97. The van der Waals surface area contributed by atoms with E-state index in [0.717, 1.165) is 17.1 Å². The second-order valence-electron chi connectivity index (χ2n) is 7.87. The maximum Gasteiger partial charge on any atom is 0.278 e. The number of hydrogen-bond acceptors (Lipinski definition) is 6. The zero-order chi connectivity index (χ0) is 24.4. The second-order valence-corrected chi connectivity index (χ2v) is 10.5. The van der Waals surface area contributed by atoms with Gasteiger partial charge in [-0.25, -0.2) is 4.98 Å². The van der Waals surface area contributed by atoms with Gasteiger partial charge in [-0.15, -0.1) is 0 Å². The third kappa shape index (κ3) is 4.69. The first-order valence-electron chi connectivity index (χ1n) is 11.2. The van der Waals surface area contributed by atoms with Crippen molar-refractivity contribution in [1.82, 2.24) is 14.1 Å². The van der Waals surface area contributed by atoms with Crippen LogP contribution in [-0.4, -0.2) is 20.7 Å². The fourth-order valence-corrected chi connectivity index (χ4v) is 6.22. The van der Waals surface area contributed by atoms with Crippen LogP contribution >= 0.6 is 35.3 Å². The number of hydrogen-bond donors (Lipinski definition) is 0. The summed E-state index contributed by atoms with van der Waals surface area (Å²) in [4.78, 5) is 18.8. The van der Waals surface area contributed by atoms with Gasteiger partial charge in [0.2, 0.25) is 0 Å². The van der Waals surface area contributed by atoms with Crippen LogP contribution in [0.2, 0.25) is 0 Å². The molecular weight excluding hydrogens is 495 g/mol.